The number of aryl methyl sites for hydroxylation is 1. The van der Waals surface area contributed by atoms with Crippen LogP contribution in [0, 0.1) is 6.92 Å². The van der Waals surface area contributed by atoms with Crippen molar-refractivity contribution >= 4 is 22.9 Å². The van der Waals surface area contributed by atoms with Crippen LogP contribution in [0.2, 0.25) is 0 Å². The van der Waals surface area contributed by atoms with Crippen molar-refractivity contribution in [1.82, 2.24) is 20.7 Å². The second kappa shape index (κ2) is 13.0. The van der Waals surface area contributed by atoms with Crippen molar-refractivity contribution in [1.29, 1.82) is 0 Å². The largest absolute Gasteiger partial charge is 0.358 e. The Balaban J connectivity index is 1.59. The van der Waals surface area contributed by atoms with Gasteiger partial charge in [-0.15, -0.1) is 0 Å². The lowest BCUT2D eigenvalue weighted by atomic mass is 10.1. The molecule has 3 aromatic rings. The molecule has 0 radical (unpaired) electrons. The maximum Gasteiger partial charge on any atom is 0.258 e. The van der Waals surface area contributed by atoms with Crippen molar-refractivity contribution in [3.05, 3.63) is 77.0 Å². The molecule has 0 aliphatic rings. The number of fused-ring (bicyclic) bond motifs is 1. The van der Waals surface area contributed by atoms with Gasteiger partial charge in [-0.05, 0) is 61.6 Å². The van der Waals surface area contributed by atoms with E-state index in [4.69, 9.17) is 0 Å². The lowest BCUT2D eigenvalue weighted by molar-refractivity contribution is -0.117. The normalized spacial score (nSPS) is 11.6. The maximum absolute atomic E-state index is 11.8. The summed E-state index contributed by atoms with van der Waals surface area (Å²) < 4.78 is 0. The van der Waals surface area contributed by atoms with Crippen LogP contribution in [0.4, 0.5) is 0 Å². The summed E-state index contributed by atoms with van der Waals surface area (Å²) in [6, 6.07) is 17.1. The molecule has 0 unspecified atom stereocenters. The molecule has 1 amide bonds. The second-order valence-corrected chi connectivity index (χ2v) is 8.64. The van der Waals surface area contributed by atoms with Crippen LogP contribution >= 0.6 is 0 Å². The highest BCUT2D eigenvalue weighted by Gasteiger charge is 2.11. The number of aromatic nitrogens is 1. The van der Waals surface area contributed by atoms with Crippen LogP contribution in [0.5, 0.6) is 0 Å². The quantitative estimate of drug-likeness (QED) is 0.188. The number of benzene rings is 2. The van der Waals surface area contributed by atoms with Gasteiger partial charge in [-0.2, -0.15) is 0 Å². The minimum absolute atomic E-state index is 0.133. The lowest BCUT2D eigenvalue weighted by Gasteiger charge is -2.22. The van der Waals surface area contributed by atoms with Gasteiger partial charge >= 0.3 is 0 Å². The number of hydrazine groups is 1. The summed E-state index contributed by atoms with van der Waals surface area (Å²) in [6.45, 7) is 10.3. The van der Waals surface area contributed by atoms with Crippen molar-refractivity contribution < 1.29 is 4.79 Å². The Labute approximate surface area is 198 Å². The molecule has 1 heterocycles. The van der Waals surface area contributed by atoms with Gasteiger partial charge < -0.3 is 4.98 Å². The molecule has 33 heavy (non-hydrogen) atoms. The van der Waals surface area contributed by atoms with E-state index in [0.29, 0.717) is 0 Å². The summed E-state index contributed by atoms with van der Waals surface area (Å²) >= 11 is 0. The third kappa shape index (κ3) is 7.58. The first-order chi connectivity index (χ1) is 16.1. The first kappa shape index (κ1) is 24.7. The highest BCUT2D eigenvalue weighted by molar-refractivity contribution is 5.91. The zero-order valence-corrected chi connectivity index (χ0v) is 20.3. The zero-order chi connectivity index (χ0) is 23.5. The van der Waals surface area contributed by atoms with Gasteiger partial charge in [0, 0.05) is 42.3 Å². The number of amides is 1. The van der Waals surface area contributed by atoms with E-state index in [1.54, 1.807) is 6.08 Å². The molecule has 1 aromatic heterocycles. The monoisotopic (exact) mass is 446 g/mol. The predicted octanol–water partition coefficient (Wildman–Crippen LogP) is 5.37. The predicted molar refractivity (Wildman–Crippen MR) is 139 cm³/mol. The van der Waals surface area contributed by atoms with E-state index in [2.05, 4.69) is 90.0 Å². The molecule has 0 saturated carbocycles. The first-order valence-corrected chi connectivity index (χ1v) is 12.2. The fourth-order valence-electron chi connectivity index (χ4n) is 4.06. The fourth-order valence-corrected chi connectivity index (χ4v) is 4.06. The summed E-state index contributed by atoms with van der Waals surface area (Å²) in [4.78, 5) is 17.9. The van der Waals surface area contributed by atoms with Crippen molar-refractivity contribution in [3.63, 3.8) is 0 Å². The number of nitrogens with one attached hydrogen (secondary N) is 3. The van der Waals surface area contributed by atoms with Crippen LogP contribution in [-0.2, 0) is 17.8 Å². The Kier molecular flexibility index (Phi) is 9.73. The minimum atomic E-state index is -0.133. The maximum atomic E-state index is 11.8. The van der Waals surface area contributed by atoms with Crippen molar-refractivity contribution in [2.45, 2.75) is 53.0 Å². The average Bonchev–Trinajstić information content (AvgIpc) is 3.15. The molecule has 0 spiro atoms. The Bertz CT molecular complexity index is 1040. The Morgan fingerprint density at radius 3 is 2.58 bits per heavy atom. The molecule has 5 nitrogen and oxygen atoms in total. The number of hydrogen-bond donors (Lipinski definition) is 3. The van der Waals surface area contributed by atoms with E-state index in [1.807, 2.05) is 6.08 Å². The number of nitrogens with zero attached hydrogens (tertiary/aromatic N) is 1. The summed E-state index contributed by atoms with van der Waals surface area (Å²) in [5, 5.41) is 1.34. The molecule has 0 bridgehead atoms. The van der Waals surface area contributed by atoms with Crippen LogP contribution in [-0.4, -0.2) is 35.4 Å². The van der Waals surface area contributed by atoms with Gasteiger partial charge in [-0.1, -0.05) is 62.7 Å². The molecule has 0 fully saturated rings. The Morgan fingerprint density at radius 1 is 1.03 bits per heavy atom. The molecule has 0 saturated heterocycles. The van der Waals surface area contributed by atoms with Crippen LogP contribution in [0.1, 0.15) is 55.5 Å². The number of aromatic amines is 1. The zero-order valence-electron chi connectivity index (χ0n) is 20.3. The summed E-state index contributed by atoms with van der Waals surface area (Å²) in [5.74, 6) is -0.133. The number of rotatable bonds is 13. The number of carbonyl (C=O) groups excluding carboxylic acids is 1. The molecule has 2 aromatic carbocycles. The van der Waals surface area contributed by atoms with Gasteiger partial charge in [0.05, 0.1) is 0 Å². The van der Waals surface area contributed by atoms with Crippen LogP contribution < -0.4 is 10.9 Å². The number of unbranched alkanes of at least 4 members (excludes halogenated alkanes) is 1. The third-order valence-corrected chi connectivity index (χ3v) is 5.93. The van der Waals surface area contributed by atoms with Crippen LogP contribution in [0.25, 0.3) is 17.0 Å². The van der Waals surface area contributed by atoms with E-state index in [0.717, 1.165) is 44.6 Å². The van der Waals surface area contributed by atoms with Gasteiger partial charge in [-0.3, -0.25) is 15.1 Å². The highest BCUT2D eigenvalue weighted by Crippen LogP contribution is 2.23. The van der Waals surface area contributed by atoms with E-state index in [9.17, 15) is 4.79 Å². The van der Waals surface area contributed by atoms with Crippen LogP contribution in [0.15, 0.2) is 54.6 Å². The Morgan fingerprint density at radius 2 is 1.82 bits per heavy atom. The number of hydrogen-bond acceptors (Lipinski definition) is 3. The number of H-pyrrole nitrogens is 1. The minimum Gasteiger partial charge on any atom is -0.358 e. The average molecular weight is 447 g/mol. The van der Waals surface area contributed by atoms with E-state index >= 15 is 0 Å². The lowest BCUT2D eigenvalue weighted by Crippen LogP contribution is -2.36. The van der Waals surface area contributed by atoms with Gasteiger partial charge in [-0.25, -0.2) is 5.43 Å². The van der Waals surface area contributed by atoms with Crippen molar-refractivity contribution in [2.24, 2.45) is 0 Å². The SMILES string of the molecule is CCCCN(CCc1c(C)[nH]c2ccccc12)Cc1ccc(/C=C/C(=O)NNCCC)cc1. The molecule has 0 aliphatic heterocycles. The smallest absolute Gasteiger partial charge is 0.258 e. The third-order valence-electron chi connectivity index (χ3n) is 5.93. The number of carbonyl (C=O) groups is 1. The molecule has 3 N–H and O–H groups in total. The van der Waals surface area contributed by atoms with Gasteiger partial charge in [0.1, 0.15) is 0 Å². The molecule has 0 aliphatic carbocycles. The Hall–Kier alpha value is -2.89. The van der Waals surface area contributed by atoms with Crippen LogP contribution in [0.3, 0.4) is 0 Å². The van der Waals surface area contributed by atoms with Gasteiger partial charge in [0.25, 0.3) is 5.91 Å². The van der Waals surface area contributed by atoms with Crippen molar-refractivity contribution in [2.75, 3.05) is 19.6 Å². The molecule has 0 atom stereocenters. The molecule has 3 rings (SSSR count). The molecule has 5 heteroatoms. The van der Waals surface area contributed by atoms with Gasteiger partial charge in [0.2, 0.25) is 0 Å². The summed E-state index contributed by atoms with van der Waals surface area (Å²) in [6.07, 6.45) is 7.83. The molecular weight excluding hydrogens is 408 g/mol. The number of para-hydroxylation sites is 1. The summed E-state index contributed by atoms with van der Waals surface area (Å²) in [5.41, 5.74) is 11.8. The standard InChI is InChI=1S/C28H38N4O/c1-4-6-19-32(20-17-25-22(3)30-27-10-8-7-9-26(25)27)21-24-13-11-23(12-14-24)15-16-28(33)31-29-18-5-2/h7-16,29-30H,4-6,17-21H2,1-3H3,(H,31,33)/b16-15+. The topological polar surface area (TPSA) is 60.2 Å². The van der Waals surface area contributed by atoms with Gasteiger partial charge in [0.15, 0.2) is 0 Å². The second-order valence-electron chi connectivity index (χ2n) is 8.64. The summed E-state index contributed by atoms with van der Waals surface area (Å²) in [7, 11) is 0. The molecular formula is C28H38N4O. The molecule has 176 valence electrons. The fraction of sp³-hybridized carbons (Fsp3) is 0.393. The first-order valence-electron chi connectivity index (χ1n) is 12.2. The highest BCUT2D eigenvalue weighted by atomic mass is 16.2. The van der Waals surface area contributed by atoms with E-state index in [1.165, 1.54) is 40.6 Å². The van der Waals surface area contributed by atoms with E-state index in [-0.39, 0.29) is 5.91 Å². The van der Waals surface area contributed by atoms with Crippen molar-refractivity contribution in [3.8, 4) is 0 Å². The van der Waals surface area contributed by atoms with E-state index < -0.39 is 0 Å².